The first-order valence-electron chi connectivity index (χ1n) is 9.51. The molecule has 0 bridgehead atoms. The predicted octanol–water partition coefficient (Wildman–Crippen LogP) is 5.69. The molecule has 0 fully saturated rings. The minimum Gasteiger partial charge on any atom is -0.283 e. The van der Waals surface area contributed by atoms with Gasteiger partial charge in [0.05, 0.1) is 5.39 Å². The number of fused-ring (bicyclic) bond motifs is 5. The molecule has 0 saturated carbocycles. The Kier molecular flexibility index (Phi) is 5.24. The largest absolute Gasteiger partial charge is 0.283 e. The van der Waals surface area contributed by atoms with Crippen LogP contribution in [-0.4, -0.2) is 15.3 Å². The number of hydrogen-bond acceptors (Lipinski definition) is 4. The predicted molar refractivity (Wildman–Crippen MR) is 117 cm³/mol. The van der Waals surface area contributed by atoms with Gasteiger partial charge in [-0.05, 0) is 42.9 Å². The Balaban J connectivity index is 1.91. The molecule has 0 N–H and O–H groups in total. The maximum Gasteiger partial charge on any atom is 0.263 e. The zero-order valence-corrected chi connectivity index (χ0v) is 17.5. The number of rotatable bonds is 6. The van der Waals surface area contributed by atoms with Crippen molar-refractivity contribution in [2.24, 2.45) is 0 Å². The Morgan fingerprint density at radius 2 is 2.15 bits per heavy atom. The molecule has 2 aromatic heterocycles. The Morgan fingerprint density at radius 3 is 2.93 bits per heavy atom. The number of allylic oxidation sites excluding steroid dienone is 1. The lowest BCUT2D eigenvalue weighted by Crippen LogP contribution is -2.24. The van der Waals surface area contributed by atoms with E-state index in [1.165, 1.54) is 21.6 Å². The summed E-state index contributed by atoms with van der Waals surface area (Å²) < 4.78 is 1.83. The summed E-state index contributed by atoms with van der Waals surface area (Å²) in [6.07, 6.45) is 4.17. The first-order valence-corrected chi connectivity index (χ1v) is 11.3. The molecule has 0 amide bonds. The molecule has 1 aromatic carbocycles. The van der Waals surface area contributed by atoms with Crippen LogP contribution in [0.3, 0.4) is 0 Å². The van der Waals surface area contributed by atoms with Crippen LogP contribution in [0, 0.1) is 0 Å². The Hall–Kier alpha value is -1.85. The second-order valence-electron chi connectivity index (χ2n) is 7.19. The van der Waals surface area contributed by atoms with Crippen molar-refractivity contribution in [2.75, 3.05) is 5.75 Å². The van der Waals surface area contributed by atoms with Gasteiger partial charge in [-0.1, -0.05) is 61.5 Å². The molecule has 140 valence electrons. The number of aryl methyl sites for hydroxylation is 2. The van der Waals surface area contributed by atoms with Gasteiger partial charge >= 0.3 is 0 Å². The summed E-state index contributed by atoms with van der Waals surface area (Å²) in [5, 5.41) is 1.65. The highest BCUT2D eigenvalue weighted by atomic mass is 32.2. The van der Waals surface area contributed by atoms with Crippen LogP contribution in [0.25, 0.3) is 20.7 Å². The van der Waals surface area contributed by atoms with Gasteiger partial charge in [-0.2, -0.15) is 0 Å². The molecule has 3 aromatic rings. The van der Waals surface area contributed by atoms with E-state index >= 15 is 0 Å². The average Bonchev–Trinajstić information content (AvgIpc) is 3.03. The number of nitrogens with zero attached hydrogens (tertiary/aromatic N) is 2. The molecule has 5 heteroatoms. The first-order chi connectivity index (χ1) is 13.1. The zero-order chi connectivity index (χ0) is 19.0. The van der Waals surface area contributed by atoms with E-state index in [1.54, 1.807) is 23.1 Å². The standard InChI is InChI=1S/C22H24N2OS2/c1-4-5-12-26-22-23-20-18(21(25)24(22)13-14(2)3)17-11-10-15-8-6-7-9-16(15)19(17)27-20/h6-9H,2,4-5,10-13H2,1,3H3. The number of unbranched alkanes of at least 4 members (excludes halogenated alkanes) is 1. The summed E-state index contributed by atoms with van der Waals surface area (Å²) in [7, 11) is 0. The van der Waals surface area contributed by atoms with Crippen LogP contribution in [0.4, 0.5) is 0 Å². The van der Waals surface area contributed by atoms with Crippen LogP contribution in [-0.2, 0) is 19.4 Å². The van der Waals surface area contributed by atoms with Gasteiger partial charge < -0.3 is 0 Å². The molecule has 1 aliphatic carbocycles. The molecule has 0 radical (unpaired) electrons. The quantitative estimate of drug-likeness (QED) is 0.232. The van der Waals surface area contributed by atoms with Crippen LogP contribution < -0.4 is 5.56 Å². The third kappa shape index (κ3) is 3.39. The number of aromatic nitrogens is 2. The number of thiophene rings is 1. The van der Waals surface area contributed by atoms with Gasteiger partial charge in [0, 0.05) is 17.2 Å². The summed E-state index contributed by atoms with van der Waals surface area (Å²) in [6, 6.07) is 8.54. The lowest BCUT2D eigenvalue weighted by molar-refractivity contribution is 0.651. The normalized spacial score (nSPS) is 12.8. The van der Waals surface area contributed by atoms with Gasteiger partial charge in [-0.15, -0.1) is 11.3 Å². The molecule has 1 aliphatic rings. The highest BCUT2D eigenvalue weighted by Gasteiger charge is 2.25. The summed E-state index contributed by atoms with van der Waals surface area (Å²) in [6.45, 7) is 8.71. The first kappa shape index (κ1) is 18.5. The van der Waals surface area contributed by atoms with Crippen molar-refractivity contribution in [1.29, 1.82) is 0 Å². The molecule has 0 aliphatic heterocycles. The third-order valence-electron chi connectivity index (χ3n) is 4.94. The molecule has 0 saturated heterocycles. The number of thioether (sulfide) groups is 1. The fourth-order valence-corrected chi connectivity index (χ4v) is 6.03. The van der Waals surface area contributed by atoms with E-state index in [0.717, 1.165) is 52.4 Å². The average molecular weight is 397 g/mol. The van der Waals surface area contributed by atoms with E-state index in [1.807, 2.05) is 11.5 Å². The SMILES string of the molecule is C=C(C)Cn1c(SCCCC)nc2sc3c(c2c1=O)CCc1ccccc1-3. The van der Waals surface area contributed by atoms with Gasteiger partial charge in [0.25, 0.3) is 5.56 Å². The van der Waals surface area contributed by atoms with E-state index in [-0.39, 0.29) is 5.56 Å². The highest BCUT2D eigenvalue weighted by Crippen LogP contribution is 2.42. The molecule has 2 heterocycles. The fourth-order valence-electron chi connectivity index (χ4n) is 3.62. The monoisotopic (exact) mass is 396 g/mol. The van der Waals surface area contributed by atoms with Crippen molar-refractivity contribution >= 4 is 33.3 Å². The lowest BCUT2D eigenvalue weighted by atomic mass is 9.90. The molecular weight excluding hydrogens is 372 g/mol. The summed E-state index contributed by atoms with van der Waals surface area (Å²) in [5.74, 6) is 0.985. The maximum absolute atomic E-state index is 13.4. The second-order valence-corrected chi connectivity index (χ2v) is 9.25. The Labute approximate surface area is 168 Å². The van der Waals surface area contributed by atoms with Crippen LogP contribution in [0.15, 0.2) is 46.4 Å². The third-order valence-corrected chi connectivity index (χ3v) is 7.16. The number of benzene rings is 1. The molecule has 0 spiro atoms. The van der Waals surface area contributed by atoms with Crippen LogP contribution in [0.5, 0.6) is 0 Å². The van der Waals surface area contributed by atoms with Crippen molar-refractivity contribution in [3.63, 3.8) is 0 Å². The van der Waals surface area contributed by atoms with Gasteiger partial charge in [0.15, 0.2) is 5.16 Å². The molecular formula is C22H24N2OS2. The van der Waals surface area contributed by atoms with Crippen molar-refractivity contribution in [3.8, 4) is 10.4 Å². The van der Waals surface area contributed by atoms with E-state index < -0.39 is 0 Å². The van der Waals surface area contributed by atoms with Crippen molar-refractivity contribution < 1.29 is 0 Å². The Bertz CT molecular complexity index is 1080. The summed E-state index contributed by atoms with van der Waals surface area (Å²) >= 11 is 3.37. The topological polar surface area (TPSA) is 34.9 Å². The van der Waals surface area contributed by atoms with E-state index in [0.29, 0.717) is 6.54 Å². The van der Waals surface area contributed by atoms with E-state index in [2.05, 4.69) is 37.8 Å². The minimum absolute atomic E-state index is 0.0962. The van der Waals surface area contributed by atoms with E-state index in [4.69, 9.17) is 4.98 Å². The van der Waals surface area contributed by atoms with Crippen LogP contribution in [0.2, 0.25) is 0 Å². The van der Waals surface area contributed by atoms with Crippen molar-refractivity contribution in [1.82, 2.24) is 9.55 Å². The van der Waals surface area contributed by atoms with Gasteiger partial charge in [0.2, 0.25) is 0 Å². The number of hydrogen-bond donors (Lipinski definition) is 0. The summed E-state index contributed by atoms with van der Waals surface area (Å²) in [4.78, 5) is 20.5. The minimum atomic E-state index is 0.0962. The maximum atomic E-state index is 13.4. The van der Waals surface area contributed by atoms with Gasteiger partial charge in [0.1, 0.15) is 4.83 Å². The molecule has 4 rings (SSSR count). The van der Waals surface area contributed by atoms with Crippen molar-refractivity contribution in [3.05, 3.63) is 57.9 Å². The van der Waals surface area contributed by atoms with Gasteiger partial charge in [-0.25, -0.2) is 4.98 Å². The fraction of sp³-hybridized carbons (Fsp3) is 0.364. The van der Waals surface area contributed by atoms with Crippen LogP contribution in [0.1, 0.15) is 37.8 Å². The molecule has 0 unspecified atom stereocenters. The Morgan fingerprint density at radius 1 is 1.33 bits per heavy atom. The van der Waals surface area contributed by atoms with Gasteiger partial charge in [-0.3, -0.25) is 9.36 Å². The smallest absolute Gasteiger partial charge is 0.263 e. The zero-order valence-electron chi connectivity index (χ0n) is 15.9. The molecule has 3 nitrogen and oxygen atoms in total. The second kappa shape index (κ2) is 7.64. The molecule has 27 heavy (non-hydrogen) atoms. The lowest BCUT2D eigenvalue weighted by Gasteiger charge is -2.16. The van der Waals surface area contributed by atoms with Crippen molar-refractivity contribution in [2.45, 2.75) is 51.2 Å². The van der Waals surface area contributed by atoms with Crippen LogP contribution >= 0.6 is 23.1 Å². The summed E-state index contributed by atoms with van der Waals surface area (Å²) in [5.41, 5.74) is 4.90. The van der Waals surface area contributed by atoms with E-state index in [9.17, 15) is 4.79 Å². The highest BCUT2D eigenvalue weighted by molar-refractivity contribution is 7.99. The molecule has 0 atom stereocenters.